The summed E-state index contributed by atoms with van der Waals surface area (Å²) in [7, 11) is 0. The van der Waals surface area contributed by atoms with E-state index in [9.17, 15) is 22.8 Å². The van der Waals surface area contributed by atoms with Gasteiger partial charge in [0, 0.05) is 22.6 Å². The Labute approximate surface area is 197 Å². The van der Waals surface area contributed by atoms with Crippen LogP contribution in [0, 0.1) is 37.0 Å². The van der Waals surface area contributed by atoms with Crippen LogP contribution >= 0.6 is 0 Å². The van der Waals surface area contributed by atoms with Gasteiger partial charge in [0.05, 0.1) is 12.0 Å². The highest BCUT2D eigenvalue weighted by Gasteiger charge is 2.51. The van der Waals surface area contributed by atoms with Crippen molar-refractivity contribution >= 4 is 11.8 Å². The third-order valence-electron chi connectivity index (χ3n) is 8.21. The molecule has 2 aromatic rings. The molecule has 0 atom stereocenters. The van der Waals surface area contributed by atoms with E-state index in [4.69, 9.17) is 4.74 Å². The lowest BCUT2D eigenvalue weighted by atomic mass is 9.49. The summed E-state index contributed by atoms with van der Waals surface area (Å²) < 4.78 is 46.5. The lowest BCUT2D eigenvalue weighted by Gasteiger charge is -2.56. The molecule has 6 rings (SSSR count). The first-order chi connectivity index (χ1) is 16.0. The first-order valence-corrected chi connectivity index (χ1v) is 12.1. The van der Waals surface area contributed by atoms with Crippen molar-refractivity contribution < 1.29 is 27.5 Å². The number of nitrogens with zero attached hydrogens (tertiary/aromatic N) is 1. The fourth-order valence-electron chi connectivity index (χ4n) is 7.35. The highest BCUT2D eigenvalue weighted by Crippen LogP contribution is 2.61. The number of hydrogen-bond donors (Lipinski definition) is 0. The van der Waals surface area contributed by atoms with Crippen LogP contribution in [0.2, 0.25) is 0 Å². The summed E-state index contributed by atoms with van der Waals surface area (Å²) >= 11 is 0. The number of carbonyl (C=O) groups is 2. The van der Waals surface area contributed by atoms with E-state index in [1.165, 1.54) is 25.3 Å². The van der Waals surface area contributed by atoms with E-state index in [1.54, 1.807) is 30.5 Å². The highest BCUT2D eigenvalue weighted by molar-refractivity contribution is 5.99. The Hall–Kier alpha value is -2.57. The number of aryl methyl sites for hydroxylation is 1. The molecule has 0 spiro atoms. The van der Waals surface area contributed by atoms with Crippen molar-refractivity contribution in [3.8, 4) is 5.69 Å². The van der Waals surface area contributed by atoms with Crippen LogP contribution in [-0.2, 0) is 15.7 Å². The number of Topliss-reactive ketones (excluding diaryl/α,β-unsaturated/α-hetero) is 1. The molecular formula is C27H30F3NO3. The number of hydrogen-bond acceptors (Lipinski definition) is 3. The van der Waals surface area contributed by atoms with Crippen molar-refractivity contribution in [1.29, 1.82) is 0 Å². The largest absolute Gasteiger partial charge is 0.457 e. The van der Waals surface area contributed by atoms with Gasteiger partial charge in [0.2, 0.25) is 5.78 Å². The van der Waals surface area contributed by atoms with Crippen LogP contribution in [0.5, 0.6) is 0 Å². The quantitative estimate of drug-likeness (QED) is 0.358. The summed E-state index contributed by atoms with van der Waals surface area (Å²) in [6, 6.07) is 6.66. The molecule has 1 aromatic carbocycles. The van der Waals surface area contributed by atoms with Crippen LogP contribution in [0.3, 0.4) is 0 Å². The van der Waals surface area contributed by atoms with Crippen molar-refractivity contribution in [3.63, 3.8) is 0 Å². The van der Waals surface area contributed by atoms with Gasteiger partial charge in [0.25, 0.3) is 0 Å². The van der Waals surface area contributed by atoms with Crippen LogP contribution < -0.4 is 0 Å². The van der Waals surface area contributed by atoms with Gasteiger partial charge in [-0.3, -0.25) is 9.59 Å². The molecule has 0 N–H and O–H groups in total. The summed E-state index contributed by atoms with van der Waals surface area (Å²) in [4.78, 5) is 25.6. The molecule has 7 heteroatoms. The van der Waals surface area contributed by atoms with Gasteiger partial charge in [-0.05, 0) is 99.8 Å². The number of benzene rings is 1. The number of ketones is 1. The van der Waals surface area contributed by atoms with Gasteiger partial charge in [-0.2, -0.15) is 13.2 Å². The van der Waals surface area contributed by atoms with Crippen LogP contribution in [0.1, 0.15) is 72.3 Å². The van der Waals surface area contributed by atoms with Gasteiger partial charge in [-0.15, -0.1) is 0 Å². The molecule has 4 aliphatic rings. The lowest BCUT2D eigenvalue weighted by Crippen LogP contribution is -2.47. The molecule has 0 radical (unpaired) electrons. The number of rotatable bonds is 6. The number of alkyl halides is 3. The third-order valence-corrected chi connectivity index (χ3v) is 8.21. The molecule has 0 amide bonds. The smallest absolute Gasteiger partial charge is 0.416 e. The number of halogens is 3. The number of esters is 1. The number of ether oxygens (including phenoxy) is 1. The first kappa shape index (κ1) is 23.2. The van der Waals surface area contributed by atoms with E-state index in [-0.39, 0.29) is 23.8 Å². The summed E-state index contributed by atoms with van der Waals surface area (Å²) in [6.07, 6.45) is 3.12. The Morgan fingerprint density at radius 2 is 1.65 bits per heavy atom. The summed E-state index contributed by atoms with van der Waals surface area (Å²) in [6.45, 7) is 3.08. The molecule has 4 aliphatic carbocycles. The minimum atomic E-state index is -4.45. The SMILES string of the molecule is Cc1cc(C(=O)COC(=O)CC23CC4CC(CC(C4)C2)C3)c(C)n1-c1cccc(C(F)(F)F)c1. The van der Waals surface area contributed by atoms with Gasteiger partial charge in [0.1, 0.15) is 0 Å². The monoisotopic (exact) mass is 473 g/mol. The van der Waals surface area contributed by atoms with Gasteiger partial charge in [-0.25, -0.2) is 0 Å². The zero-order valence-corrected chi connectivity index (χ0v) is 19.6. The summed E-state index contributed by atoms with van der Waals surface area (Å²) in [5, 5.41) is 0. The normalized spacial score (nSPS) is 27.7. The maximum atomic E-state index is 13.2. The van der Waals surface area contributed by atoms with Gasteiger partial charge in [0.15, 0.2) is 6.61 Å². The maximum Gasteiger partial charge on any atom is 0.416 e. The molecule has 4 bridgehead atoms. The Balaban J connectivity index is 1.26. The highest BCUT2D eigenvalue weighted by atomic mass is 19.4. The average molecular weight is 474 g/mol. The molecule has 4 nitrogen and oxygen atoms in total. The fraction of sp³-hybridized carbons (Fsp3) is 0.556. The van der Waals surface area contributed by atoms with E-state index in [0.29, 0.717) is 29.1 Å². The Morgan fingerprint density at radius 1 is 1.03 bits per heavy atom. The summed E-state index contributed by atoms with van der Waals surface area (Å²) in [5.41, 5.74) is 1.16. The average Bonchev–Trinajstić information content (AvgIpc) is 3.04. The molecule has 182 valence electrons. The Bertz CT molecular complexity index is 1100. The van der Waals surface area contributed by atoms with Crippen LogP contribution in [0.25, 0.3) is 5.69 Å². The molecule has 1 heterocycles. The number of aromatic nitrogens is 1. The summed E-state index contributed by atoms with van der Waals surface area (Å²) in [5.74, 6) is 1.55. The van der Waals surface area contributed by atoms with E-state index in [1.807, 2.05) is 0 Å². The van der Waals surface area contributed by atoms with Crippen LogP contribution in [0.15, 0.2) is 30.3 Å². The maximum absolute atomic E-state index is 13.2. The first-order valence-electron chi connectivity index (χ1n) is 12.1. The zero-order chi connectivity index (χ0) is 24.3. The second kappa shape index (κ2) is 8.28. The molecule has 0 saturated heterocycles. The second-order valence-electron chi connectivity index (χ2n) is 10.8. The van der Waals surface area contributed by atoms with Crippen molar-refractivity contribution in [2.75, 3.05) is 6.61 Å². The van der Waals surface area contributed by atoms with E-state index >= 15 is 0 Å². The minimum absolute atomic E-state index is 0.0498. The van der Waals surface area contributed by atoms with Gasteiger partial charge in [-0.1, -0.05) is 6.07 Å². The number of carbonyl (C=O) groups excluding carboxylic acids is 2. The van der Waals surface area contributed by atoms with Gasteiger partial charge < -0.3 is 9.30 Å². The predicted octanol–water partition coefficient (Wildman–Crippen LogP) is 6.45. The van der Waals surface area contributed by atoms with Crippen molar-refractivity contribution in [2.45, 2.75) is 65.0 Å². The Kier molecular flexibility index (Phi) is 5.64. The van der Waals surface area contributed by atoms with Crippen LogP contribution in [0.4, 0.5) is 13.2 Å². The molecule has 4 fully saturated rings. The molecule has 4 saturated carbocycles. The van der Waals surface area contributed by atoms with Crippen LogP contribution in [-0.4, -0.2) is 22.9 Å². The lowest BCUT2D eigenvalue weighted by molar-refractivity contribution is -0.150. The van der Waals surface area contributed by atoms with E-state index < -0.39 is 11.7 Å². The predicted molar refractivity (Wildman–Crippen MR) is 121 cm³/mol. The fourth-order valence-corrected chi connectivity index (χ4v) is 7.35. The van der Waals surface area contributed by atoms with Crippen molar-refractivity contribution in [2.24, 2.45) is 23.2 Å². The molecule has 0 unspecified atom stereocenters. The molecule has 0 aliphatic heterocycles. The molecular weight excluding hydrogens is 443 g/mol. The van der Waals surface area contributed by atoms with Crippen molar-refractivity contribution in [1.82, 2.24) is 4.57 Å². The molecule has 34 heavy (non-hydrogen) atoms. The Morgan fingerprint density at radius 3 is 2.24 bits per heavy atom. The standard InChI is InChI=1S/C27H30F3NO3/c1-16-6-23(17(2)31(16)22-5-3-4-21(10-22)27(28,29)30)24(32)15-34-25(33)14-26-11-18-7-19(12-26)9-20(8-18)13-26/h3-6,10,18-20H,7-9,11-15H2,1-2H3. The minimum Gasteiger partial charge on any atom is -0.457 e. The van der Waals surface area contributed by atoms with E-state index in [0.717, 1.165) is 49.1 Å². The van der Waals surface area contributed by atoms with Gasteiger partial charge >= 0.3 is 12.1 Å². The van der Waals surface area contributed by atoms with E-state index in [2.05, 4.69) is 0 Å². The topological polar surface area (TPSA) is 48.3 Å². The second-order valence-corrected chi connectivity index (χ2v) is 10.8. The zero-order valence-electron chi connectivity index (χ0n) is 19.6. The molecule has 1 aromatic heterocycles. The van der Waals surface area contributed by atoms with Crippen molar-refractivity contribution in [3.05, 3.63) is 52.8 Å². The third kappa shape index (κ3) is 4.29.